The van der Waals surface area contributed by atoms with Gasteiger partial charge in [0.25, 0.3) is 0 Å². The number of hydrogen-bond acceptors (Lipinski definition) is 4. The molecule has 34 heavy (non-hydrogen) atoms. The molecule has 1 heterocycles. The van der Waals surface area contributed by atoms with Gasteiger partial charge in [-0.05, 0) is 37.3 Å². The number of para-hydroxylation sites is 1. The summed E-state index contributed by atoms with van der Waals surface area (Å²) in [7, 11) is 0. The van der Waals surface area contributed by atoms with E-state index in [1.165, 1.54) is 23.7 Å². The maximum absolute atomic E-state index is 14.4. The fourth-order valence-corrected chi connectivity index (χ4v) is 4.35. The first-order valence-corrected chi connectivity index (χ1v) is 11.1. The van der Waals surface area contributed by atoms with Crippen LogP contribution in [0.5, 0.6) is 5.88 Å². The lowest BCUT2D eigenvalue weighted by Crippen LogP contribution is -2.12. The molecule has 0 aliphatic carbocycles. The van der Waals surface area contributed by atoms with Gasteiger partial charge in [-0.1, -0.05) is 52.0 Å². The van der Waals surface area contributed by atoms with Gasteiger partial charge >= 0.3 is 5.97 Å². The van der Waals surface area contributed by atoms with Gasteiger partial charge in [-0.2, -0.15) is 9.78 Å². The Morgan fingerprint density at radius 2 is 1.50 bits per heavy atom. The van der Waals surface area contributed by atoms with Gasteiger partial charge in [0.15, 0.2) is 23.3 Å². The van der Waals surface area contributed by atoms with Gasteiger partial charge in [0.05, 0.1) is 26.7 Å². The summed E-state index contributed by atoms with van der Waals surface area (Å²) in [5, 5.41) is 4.27. The quantitative estimate of drug-likeness (QED) is 0.115. The van der Waals surface area contributed by atoms with Crippen LogP contribution in [0.3, 0.4) is 0 Å². The summed E-state index contributed by atoms with van der Waals surface area (Å²) in [4.78, 5) is 11.6. The predicted octanol–water partition coefficient (Wildman–Crippen LogP) is 7.01. The second kappa shape index (κ2) is 9.59. The first-order chi connectivity index (χ1) is 16.2. The molecular weight excluding hydrogens is 543 g/mol. The molecular formula is C23H12BrF5N2O2S. The van der Waals surface area contributed by atoms with Crippen LogP contribution in [0.15, 0.2) is 68.9 Å². The molecule has 0 aliphatic heterocycles. The van der Waals surface area contributed by atoms with Crippen molar-refractivity contribution in [2.45, 2.75) is 16.7 Å². The molecule has 4 rings (SSSR count). The van der Waals surface area contributed by atoms with Crippen LogP contribution in [0.2, 0.25) is 0 Å². The molecule has 0 saturated heterocycles. The molecule has 0 spiro atoms. The van der Waals surface area contributed by atoms with Crippen LogP contribution < -0.4 is 4.74 Å². The number of esters is 1. The summed E-state index contributed by atoms with van der Waals surface area (Å²) in [5.74, 6) is -11.5. The Bertz CT molecular complexity index is 1380. The lowest BCUT2D eigenvalue weighted by molar-refractivity contribution is 0.0718. The third-order valence-electron chi connectivity index (χ3n) is 4.59. The summed E-state index contributed by atoms with van der Waals surface area (Å²) in [6, 6.07) is 14.6. The number of aromatic nitrogens is 2. The van der Waals surface area contributed by atoms with Crippen LogP contribution in [-0.2, 0) is 0 Å². The third-order valence-corrected chi connectivity index (χ3v) is 6.32. The van der Waals surface area contributed by atoms with Gasteiger partial charge in [-0.25, -0.2) is 26.7 Å². The van der Waals surface area contributed by atoms with Crippen molar-refractivity contribution in [1.82, 2.24) is 9.78 Å². The molecule has 0 unspecified atom stereocenters. The number of aryl methyl sites for hydroxylation is 1. The molecule has 11 heteroatoms. The Kier molecular flexibility index (Phi) is 6.76. The van der Waals surface area contributed by atoms with Crippen molar-refractivity contribution in [3.05, 3.63) is 99.4 Å². The van der Waals surface area contributed by atoms with Crippen LogP contribution in [0.1, 0.15) is 16.1 Å². The van der Waals surface area contributed by atoms with E-state index in [9.17, 15) is 26.7 Å². The lowest BCUT2D eigenvalue weighted by Gasteiger charge is -2.11. The highest BCUT2D eigenvalue weighted by molar-refractivity contribution is 9.10. The minimum atomic E-state index is -2.27. The molecule has 0 amide bonds. The van der Waals surface area contributed by atoms with Crippen LogP contribution in [0.4, 0.5) is 22.0 Å². The van der Waals surface area contributed by atoms with Gasteiger partial charge in [0.1, 0.15) is 0 Å². The predicted molar refractivity (Wildman–Crippen MR) is 118 cm³/mol. The normalized spacial score (nSPS) is 11.0. The maximum Gasteiger partial charge on any atom is 0.344 e. The van der Waals surface area contributed by atoms with Crippen LogP contribution in [0, 0.1) is 36.0 Å². The molecule has 3 aromatic carbocycles. The molecule has 0 fully saturated rings. The zero-order valence-corrected chi connectivity index (χ0v) is 19.5. The number of ether oxygens (including phenoxy) is 1. The van der Waals surface area contributed by atoms with Crippen molar-refractivity contribution >= 4 is 33.7 Å². The first kappa shape index (κ1) is 24.0. The average Bonchev–Trinajstić information content (AvgIpc) is 3.14. The fourth-order valence-electron chi connectivity index (χ4n) is 2.98. The summed E-state index contributed by atoms with van der Waals surface area (Å²) < 4.78 is 77.1. The largest absolute Gasteiger partial charge is 0.402 e. The molecule has 4 aromatic rings. The van der Waals surface area contributed by atoms with E-state index >= 15 is 0 Å². The van der Waals surface area contributed by atoms with Crippen molar-refractivity contribution in [2.75, 3.05) is 0 Å². The van der Waals surface area contributed by atoms with Crippen LogP contribution >= 0.6 is 27.7 Å². The monoisotopic (exact) mass is 554 g/mol. The maximum atomic E-state index is 14.4. The molecule has 0 saturated carbocycles. The summed E-state index contributed by atoms with van der Waals surface area (Å²) >= 11 is 3.47. The number of carbonyl (C=O) groups excluding carboxylic acids is 1. The van der Waals surface area contributed by atoms with Crippen LogP contribution in [0.25, 0.3) is 5.69 Å². The minimum absolute atomic E-state index is 0.101. The van der Waals surface area contributed by atoms with Gasteiger partial charge in [-0.3, -0.25) is 0 Å². The molecule has 0 atom stereocenters. The Morgan fingerprint density at radius 1 is 0.882 bits per heavy atom. The topological polar surface area (TPSA) is 44.1 Å². The number of rotatable bonds is 5. The van der Waals surface area contributed by atoms with Crippen molar-refractivity contribution in [2.24, 2.45) is 0 Å². The summed E-state index contributed by atoms with van der Waals surface area (Å²) in [5.41, 5.74) is 0.724. The Hall–Kier alpha value is -3.18. The molecule has 1 aromatic heterocycles. The molecule has 0 N–H and O–H groups in total. The molecule has 0 bridgehead atoms. The Morgan fingerprint density at radius 3 is 2.12 bits per heavy atom. The summed E-state index contributed by atoms with van der Waals surface area (Å²) in [6.45, 7) is 1.45. The number of nitrogens with zero attached hydrogens (tertiary/aromatic N) is 2. The van der Waals surface area contributed by atoms with Crippen molar-refractivity contribution in [3.8, 4) is 11.6 Å². The van der Waals surface area contributed by atoms with Crippen molar-refractivity contribution < 1.29 is 31.5 Å². The van der Waals surface area contributed by atoms with Gasteiger partial charge in [0.2, 0.25) is 11.7 Å². The van der Waals surface area contributed by atoms with E-state index in [0.717, 1.165) is 0 Å². The lowest BCUT2D eigenvalue weighted by atomic mass is 10.2. The molecule has 0 aliphatic rings. The van der Waals surface area contributed by atoms with E-state index in [0.29, 0.717) is 10.2 Å². The van der Waals surface area contributed by atoms with E-state index in [2.05, 4.69) is 21.0 Å². The van der Waals surface area contributed by atoms with Crippen molar-refractivity contribution in [3.63, 3.8) is 0 Å². The Labute approximate surface area is 202 Å². The molecule has 4 nitrogen and oxygen atoms in total. The number of benzene rings is 3. The third kappa shape index (κ3) is 4.45. The highest BCUT2D eigenvalue weighted by Gasteiger charge is 2.30. The number of carbonyl (C=O) groups is 1. The van der Waals surface area contributed by atoms with Gasteiger partial charge < -0.3 is 4.74 Å². The van der Waals surface area contributed by atoms with Gasteiger partial charge in [-0.15, -0.1) is 0 Å². The van der Waals surface area contributed by atoms with E-state index < -0.39 is 40.0 Å². The average molecular weight is 555 g/mol. The van der Waals surface area contributed by atoms with E-state index in [-0.39, 0.29) is 33.8 Å². The van der Waals surface area contributed by atoms with Crippen molar-refractivity contribution in [1.29, 1.82) is 0 Å². The zero-order chi connectivity index (χ0) is 24.6. The minimum Gasteiger partial charge on any atom is -0.402 e. The highest BCUT2D eigenvalue weighted by atomic mass is 79.9. The highest BCUT2D eigenvalue weighted by Crippen LogP contribution is 2.42. The number of halogens is 6. The molecule has 174 valence electrons. The van der Waals surface area contributed by atoms with E-state index in [1.807, 2.05) is 0 Å². The Balaban J connectivity index is 1.86. The molecule has 0 radical (unpaired) electrons. The smallest absolute Gasteiger partial charge is 0.344 e. The van der Waals surface area contributed by atoms with E-state index in [4.69, 9.17) is 4.74 Å². The second-order valence-electron chi connectivity index (χ2n) is 6.87. The fraction of sp³-hybridized carbons (Fsp3) is 0.0435. The second-order valence-corrected chi connectivity index (χ2v) is 8.80. The summed E-state index contributed by atoms with van der Waals surface area (Å²) in [6.07, 6.45) is 0. The van der Waals surface area contributed by atoms with E-state index in [1.54, 1.807) is 42.5 Å². The SMILES string of the molecule is Cc1nn(-c2ccccc2)c(OC(=O)c2cccc(Br)c2)c1Sc1c(F)c(F)c(F)c(F)c1F. The van der Waals surface area contributed by atoms with Gasteiger partial charge in [0, 0.05) is 4.47 Å². The number of hydrogen-bond donors (Lipinski definition) is 0. The van der Waals surface area contributed by atoms with Crippen LogP contribution in [-0.4, -0.2) is 15.7 Å². The zero-order valence-electron chi connectivity index (χ0n) is 17.1. The standard InChI is InChI=1S/C23H12BrF5N2O2S/c1-11-20(34-21-18(28)16(26)15(25)17(27)19(21)29)22(31(30-11)14-8-3-2-4-9-14)33-23(32)12-6-5-7-13(24)10-12/h2-10H,1H3. The first-order valence-electron chi connectivity index (χ1n) is 9.51.